The molecule has 5 rings (SSSR count). The number of amidine groups is 1. The van der Waals surface area contributed by atoms with Gasteiger partial charge in [-0.1, -0.05) is 0 Å². The van der Waals surface area contributed by atoms with E-state index in [0.717, 1.165) is 57.9 Å². The number of nitrogens with zero attached hydrogens (tertiary/aromatic N) is 3. The number of aliphatic hydroxyl groups excluding tert-OH is 1. The van der Waals surface area contributed by atoms with Crippen molar-refractivity contribution in [2.45, 2.75) is 30.6 Å². The zero-order chi connectivity index (χ0) is 21.9. The summed E-state index contributed by atoms with van der Waals surface area (Å²) in [6.07, 6.45) is 9.35. The summed E-state index contributed by atoms with van der Waals surface area (Å²) in [5, 5.41) is 22.7. The van der Waals surface area contributed by atoms with Gasteiger partial charge in [-0.05, 0) is 61.9 Å². The number of fused-ring (bicyclic) bond motifs is 1. The molecule has 3 heterocycles. The Morgan fingerprint density at radius 2 is 2.16 bits per heavy atom. The van der Waals surface area contributed by atoms with Gasteiger partial charge >= 0.3 is 0 Å². The maximum Gasteiger partial charge on any atom is 0.233 e. The summed E-state index contributed by atoms with van der Waals surface area (Å²) in [4.78, 5) is 18.6. The molecule has 1 amide bonds. The van der Waals surface area contributed by atoms with Gasteiger partial charge < -0.3 is 10.4 Å². The maximum absolute atomic E-state index is 11.9. The summed E-state index contributed by atoms with van der Waals surface area (Å²) < 4.78 is 2.13. The number of anilines is 2. The van der Waals surface area contributed by atoms with Crippen LogP contribution in [-0.2, 0) is 11.2 Å². The first-order valence-corrected chi connectivity index (χ1v) is 11.6. The molecule has 0 radical (unpaired) electrons. The van der Waals surface area contributed by atoms with Crippen LogP contribution in [-0.4, -0.2) is 44.5 Å². The van der Waals surface area contributed by atoms with Crippen LogP contribution in [0.15, 0.2) is 64.6 Å². The van der Waals surface area contributed by atoms with Crippen molar-refractivity contribution in [1.82, 2.24) is 14.5 Å². The van der Waals surface area contributed by atoms with Gasteiger partial charge in [0.25, 0.3) is 0 Å². The second-order valence-corrected chi connectivity index (χ2v) is 9.16. The van der Waals surface area contributed by atoms with Crippen molar-refractivity contribution in [3.63, 3.8) is 0 Å². The lowest BCUT2D eigenvalue weighted by molar-refractivity contribution is -0.699. The molecule has 1 aliphatic carbocycles. The second-order valence-electron chi connectivity index (χ2n) is 8.03. The number of carbonyl (C=O) groups is 1. The Morgan fingerprint density at radius 1 is 1.31 bits per heavy atom. The molecule has 9 nitrogen and oxygen atoms in total. The van der Waals surface area contributed by atoms with Gasteiger partial charge in [0, 0.05) is 34.9 Å². The van der Waals surface area contributed by atoms with E-state index in [9.17, 15) is 4.79 Å². The van der Waals surface area contributed by atoms with Crippen LogP contribution >= 0.6 is 11.9 Å². The van der Waals surface area contributed by atoms with E-state index >= 15 is 0 Å². The van der Waals surface area contributed by atoms with Gasteiger partial charge in [-0.25, -0.2) is 9.89 Å². The highest BCUT2D eigenvalue weighted by Gasteiger charge is 2.32. The molecule has 2 aliphatic heterocycles. The van der Waals surface area contributed by atoms with E-state index < -0.39 is 0 Å². The number of H-pyrrole nitrogens is 1. The van der Waals surface area contributed by atoms with Crippen molar-refractivity contribution in [2.24, 2.45) is 10.9 Å². The molecule has 1 atom stereocenters. The average molecular weight is 453 g/mol. The number of nitrogens with one attached hydrogen (secondary N) is 4. The third-order valence-corrected chi connectivity index (χ3v) is 6.39. The molecule has 2 aromatic rings. The summed E-state index contributed by atoms with van der Waals surface area (Å²) in [6.45, 7) is 0.857. The number of amides is 1. The number of hydrogen-bond acceptors (Lipinski definition) is 7. The number of aliphatic hydroxyl groups is 1. The molecular weight excluding hydrogens is 426 g/mol. The summed E-state index contributed by atoms with van der Waals surface area (Å²) in [5.41, 5.74) is 1.82. The number of quaternary nitrogens is 1. The molecule has 0 bridgehead atoms. The molecule has 10 heteroatoms. The van der Waals surface area contributed by atoms with Gasteiger partial charge in [-0.3, -0.25) is 19.5 Å². The molecule has 1 unspecified atom stereocenters. The van der Waals surface area contributed by atoms with E-state index in [-0.39, 0.29) is 18.4 Å². The monoisotopic (exact) mass is 452 g/mol. The van der Waals surface area contributed by atoms with Gasteiger partial charge in [0.1, 0.15) is 12.7 Å². The van der Waals surface area contributed by atoms with E-state index in [1.165, 1.54) is 0 Å². The Morgan fingerprint density at radius 3 is 2.94 bits per heavy atom. The smallest absolute Gasteiger partial charge is 0.233 e. The van der Waals surface area contributed by atoms with Gasteiger partial charge in [-0.2, -0.15) is 5.10 Å². The predicted molar refractivity (Wildman–Crippen MR) is 124 cm³/mol. The van der Waals surface area contributed by atoms with E-state index in [0.29, 0.717) is 13.0 Å². The number of carbonyl (C=O) groups excluding carboxylic acids is 1. The van der Waals surface area contributed by atoms with Crippen LogP contribution in [0.3, 0.4) is 0 Å². The normalized spacial score (nSPS) is 19.4. The quantitative estimate of drug-likeness (QED) is 0.371. The lowest BCUT2D eigenvalue weighted by atomic mass is 10.2. The molecule has 1 aromatic carbocycles. The highest BCUT2D eigenvalue weighted by atomic mass is 32.2. The fourth-order valence-electron chi connectivity index (χ4n) is 3.59. The fraction of sp³-hybridized carbons (Fsp3) is 0.318. The number of benzene rings is 1. The topological polar surface area (TPSA) is 110 Å². The summed E-state index contributed by atoms with van der Waals surface area (Å²) in [5.74, 6) is 2.99. The number of aromatic nitrogens is 2. The Balaban J connectivity index is 1.26. The van der Waals surface area contributed by atoms with Crippen LogP contribution in [0.5, 0.6) is 0 Å². The first kappa shape index (κ1) is 20.8. The van der Waals surface area contributed by atoms with Crippen LogP contribution < -0.4 is 15.5 Å². The van der Waals surface area contributed by atoms with E-state index in [2.05, 4.69) is 36.3 Å². The molecule has 1 fully saturated rings. The van der Waals surface area contributed by atoms with Crippen molar-refractivity contribution in [2.75, 3.05) is 23.8 Å². The molecule has 1 saturated carbocycles. The van der Waals surface area contributed by atoms with Crippen molar-refractivity contribution < 1.29 is 14.8 Å². The van der Waals surface area contributed by atoms with E-state index in [1.807, 2.05) is 42.7 Å². The van der Waals surface area contributed by atoms with Crippen molar-refractivity contribution >= 4 is 35.2 Å². The number of rotatable bonds is 9. The molecule has 166 valence electrons. The fourth-order valence-corrected chi connectivity index (χ4v) is 4.46. The number of aromatic amines is 1. The van der Waals surface area contributed by atoms with Gasteiger partial charge in [0.15, 0.2) is 5.82 Å². The van der Waals surface area contributed by atoms with Crippen molar-refractivity contribution in [3.05, 3.63) is 60.4 Å². The second kappa shape index (κ2) is 9.19. The van der Waals surface area contributed by atoms with Crippen LogP contribution in [0, 0.1) is 5.92 Å². The van der Waals surface area contributed by atoms with E-state index in [4.69, 9.17) is 5.11 Å². The Hall–Kier alpha value is -3.08. The Bertz CT molecular complexity index is 1070. The predicted octanol–water partition coefficient (Wildman–Crippen LogP) is 1.68. The highest BCUT2D eigenvalue weighted by molar-refractivity contribution is 7.97. The highest BCUT2D eigenvalue weighted by Crippen LogP contribution is 2.31. The molecular formula is C22H26N7O2S+. The molecule has 0 saturated heterocycles. The molecule has 1 aromatic heterocycles. The summed E-state index contributed by atoms with van der Waals surface area (Å²) in [7, 11) is 0. The van der Waals surface area contributed by atoms with Crippen molar-refractivity contribution in [1.29, 1.82) is 0 Å². The van der Waals surface area contributed by atoms with Gasteiger partial charge in [-0.15, -0.1) is 0 Å². The molecule has 3 aliphatic rings. The third-order valence-electron chi connectivity index (χ3n) is 5.44. The Labute approximate surface area is 190 Å². The summed E-state index contributed by atoms with van der Waals surface area (Å²) in [6, 6.07) is 9.89. The standard InChI is InChI=1S/C22H25N7O2S/c30-11-1-2-17-12-19(27-26-17)25-21-14-28(13-20-23-9-10-29(20)21)32-18-7-5-16(6-8-18)24-22(31)15-3-4-15/h5-10,12,14-15,30H,1-4,11,13H2,(H,24,31)(H2,25,26,27)/p+1. The minimum atomic E-state index is 0.118. The van der Waals surface area contributed by atoms with Crippen LogP contribution in [0.4, 0.5) is 11.5 Å². The lowest BCUT2D eigenvalue weighted by Crippen LogP contribution is -3.10. The third kappa shape index (κ3) is 4.87. The maximum atomic E-state index is 11.9. The van der Waals surface area contributed by atoms with Crippen LogP contribution in [0.25, 0.3) is 0 Å². The molecule has 0 spiro atoms. The SMILES string of the molecule is O=C(Nc1ccc(SN2C=C(Nc3cc(CCCO)[nH]n3)[NH+]3C=CN=C3C2)cc1)C1CC1. The van der Waals surface area contributed by atoms with Gasteiger partial charge in [0.05, 0.1) is 12.4 Å². The van der Waals surface area contributed by atoms with E-state index in [1.54, 1.807) is 11.9 Å². The largest absolute Gasteiger partial charge is 0.396 e. The zero-order valence-electron chi connectivity index (χ0n) is 17.5. The first-order valence-electron chi connectivity index (χ1n) is 10.8. The summed E-state index contributed by atoms with van der Waals surface area (Å²) >= 11 is 1.62. The van der Waals surface area contributed by atoms with Crippen molar-refractivity contribution in [3.8, 4) is 0 Å². The number of aryl methyl sites for hydroxylation is 1. The minimum Gasteiger partial charge on any atom is -0.396 e. The Kier molecular flexibility index (Phi) is 5.97. The minimum absolute atomic E-state index is 0.118. The van der Waals surface area contributed by atoms with Gasteiger partial charge in [0.2, 0.25) is 17.6 Å². The number of aliphatic imine (C=N–C) groups is 1. The zero-order valence-corrected chi connectivity index (χ0v) is 18.4. The first-order chi connectivity index (χ1) is 15.7. The number of hydrogen-bond donors (Lipinski definition) is 5. The molecule has 5 N–H and O–H groups in total. The lowest BCUT2D eigenvalue weighted by Gasteiger charge is -2.27. The molecule has 32 heavy (non-hydrogen) atoms. The van der Waals surface area contributed by atoms with Crippen LogP contribution in [0.2, 0.25) is 0 Å². The average Bonchev–Trinajstić information content (AvgIpc) is 3.38. The van der Waals surface area contributed by atoms with Crippen LogP contribution in [0.1, 0.15) is 25.0 Å².